The molecule has 2 aromatic carbocycles. The van der Waals surface area contributed by atoms with E-state index >= 15 is 0 Å². The molecule has 1 amide bonds. The zero-order chi connectivity index (χ0) is 21.7. The maximum absolute atomic E-state index is 12.3. The number of aryl methyl sites for hydroxylation is 2. The molecule has 0 aliphatic carbocycles. The molecule has 1 fully saturated rings. The molecule has 3 rings (SSSR count). The van der Waals surface area contributed by atoms with E-state index in [-0.39, 0.29) is 25.2 Å². The first-order chi connectivity index (χ1) is 14.4. The molecule has 1 aliphatic rings. The van der Waals surface area contributed by atoms with E-state index in [2.05, 4.69) is 0 Å². The monoisotopic (exact) mass is 411 g/mol. The Morgan fingerprint density at radius 3 is 2.50 bits per heavy atom. The number of hydrogen-bond donors (Lipinski definition) is 0. The summed E-state index contributed by atoms with van der Waals surface area (Å²) in [5, 5.41) is 0. The lowest BCUT2D eigenvalue weighted by Gasteiger charge is -2.36. The second kappa shape index (κ2) is 9.76. The first-order valence-corrected chi connectivity index (χ1v) is 10.3. The maximum Gasteiger partial charge on any atom is 0.328 e. The normalized spacial score (nSPS) is 17.5. The van der Waals surface area contributed by atoms with Gasteiger partial charge in [-0.1, -0.05) is 30.3 Å². The summed E-state index contributed by atoms with van der Waals surface area (Å²) in [5.74, 6) is 0.248. The summed E-state index contributed by atoms with van der Waals surface area (Å²) in [6.07, 6.45) is -0.305. The molecule has 2 unspecified atom stereocenters. The smallest absolute Gasteiger partial charge is 0.328 e. The van der Waals surface area contributed by atoms with Gasteiger partial charge in [-0.15, -0.1) is 0 Å². The summed E-state index contributed by atoms with van der Waals surface area (Å²) in [4.78, 5) is 25.9. The van der Waals surface area contributed by atoms with Crippen LogP contribution in [0.25, 0.3) is 0 Å². The van der Waals surface area contributed by atoms with Crippen molar-refractivity contribution >= 4 is 11.9 Å². The lowest BCUT2D eigenvalue weighted by atomic mass is 10.00. The van der Waals surface area contributed by atoms with Gasteiger partial charge < -0.3 is 19.1 Å². The molecule has 0 spiro atoms. The summed E-state index contributed by atoms with van der Waals surface area (Å²) in [5.41, 5.74) is 4.08. The Morgan fingerprint density at radius 1 is 1.20 bits per heavy atom. The van der Waals surface area contributed by atoms with Gasteiger partial charge in [0, 0.05) is 0 Å². The van der Waals surface area contributed by atoms with Crippen LogP contribution in [0.4, 0.5) is 0 Å². The Kier molecular flexibility index (Phi) is 7.11. The standard InChI is InChI=1S/C24H29NO5/c1-5-28-24(27)18(4)25-13-21(29-15-22(25)26)20-11-16(2)23(17(3)12-20)30-14-19-9-7-6-8-10-19/h6-12,18,21H,5,13-15H2,1-4H3. The Labute approximate surface area is 177 Å². The number of carbonyl (C=O) groups excluding carboxylic acids is 2. The molecule has 0 N–H and O–H groups in total. The number of carbonyl (C=O) groups is 2. The lowest BCUT2D eigenvalue weighted by molar-refractivity contribution is -0.164. The molecule has 1 heterocycles. The predicted octanol–water partition coefficient (Wildman–Crippen LogP) is 3.73. The molecule has 30 heavy (non-hydrogen) atoms. The van der Waals surface area contributed by atoms with Crippen molar-refractivity contribution in [1.82, 2.24) is 4.90 Å². The van der Waals surface area contributed by atoms with E-state index in [4.69, 9.17) is 14.2 Å². The molecule has 2 aromatic rings. The Morgan fingerprint density at radius 2 is 1.87 bits per heavy atom. The zero-order valence-corrected chi connectivity index (χ0v) is 18.0. The van der Waals surface area contributed by atoms with Gasteiger partial charge in [-0.2, -0.15) is 0 Å². The number of benzene rings is 2. The van der Waals surface area contributed by atoms with Crippen LogP contribution >= 0.6 is 0 Å². The first kappa shape index (κ1) is 21.8. The molecule has 1 saturated heterocycles. The summed E-state index contributed by atoms with van der Waals surface area (Å²) in [6.45, 7) is 8.49. The lowest BCUT2D eigenvalue weighted by Crippen LogP contribution is -2.51. The summed E-state index contributed by atoms with van der Waals surface area (Å²) in [7, 11) is 0. The van der Waals surface area contributed by atoms with Crippen LogP contribution < -0.4 is 4.74 Å². The van der Waals surface area contributed by atoms with E-state index in [0.717, 1.165) is 28.0 Å². The van der Waals surface area contributed by atoms with Gasteiger partial charge in [0.15, 0.2) is 0 Å². The molecule has 1 aliphatic heterocycles. The van der Waals surface area contributed by atoms with Crippen molar-refractivity contribution in [3.8, 4) is 5.75 Å². The van der Waals surface area contributed by atoms with Crippen molar-refractivity contribution in [3.05, 3.63) is 64.7 Å². The summed E-state index contributed by atoms with van der Waals surface area (Å²) >= 11 is 0. The summed E-state index contributed by atoms with van der Waals surface area (Å²) in [6, 6.07) is 13.5. The molecule has 0 bridgehead atoms. The van der Waals surface area contributed by atoms with Crippen LogP contribution in [0.3, 0.4) is 0 Å². The molecular formula is C24H29NO5. The molecule has 0 saturated carbocycles. The fourth-order valence-corrected chi connectivity index (χ4v) is 3.68. The van der Waals surface area contributed by atoms with E-state index in [1.54, 1.807) is 13.8 Å². The van der Waals surface area contributed by atoms with E-state index in [0.29, 0.717) is 13.2 Å². The van der Waals surface area contributed by atoms with Crippen molar-refractivity contribution in [2.75, 3.05) is 19.8 Å². The minimum atomic E-state index is -0.639. The van der Waals surface area contributed by atoms with E-state index < -0.39 is 12.0 Å². The van der Waals surface area contributed by atoms with Gasteiger partial charge in [-0.3, -0.25) is 4.79 Å². The van der Waals surface area contributed by atoms with Crippen LogP contribution in [0.1, 0.15) is 42.2 Å². The largest absolute Gasteiger partial charge is 0.488 e. The van der Waals surface area contributed by atoms with Crippen molar-refractivity contribution in [3.63, 3.8) is 0 Å². The number of amides is 1. The second-order valence-electron chi connectivity index (χ2n) is 7.53. The van der Waals surface area contributed by atoms with Crippen LogP contribution in [-0.4, -0.2) is 42.6 Å². The summed E-state index contributed by atoms with van der Waals surface area (Å²) < 4.78 is 16.9. The van der Waals surface area contributed by atoms with Gasteiger partial charge in [-0.05, 0) is 62.1 Å². The first-order valence-electron chi connectivity index (χ1n) is 10.3. The van der Waals surface area contributed by atoms with Crippen LogP contribution in [0.15, 0.2) is 42.5 Å². The van der Waals surface area contributed by atoms with Crippen LogP contribution in [-0.2, 0) is 25.7 Å². The quantitative estimate of drug-likeness (QED) is 0.650. The molecule has 0 radical (unpaired) electrons. The highest BCUT2D eigenvalue weighted by Gasteiger charge is 2.34. The van der Waals surface area contributed by atoms with Crippen molar-refractivity contribution in [2.24, 2.45) is 0 Å². The van der Waals surface area contributed by atoms with Gasteiger partial charge in [0.1, 0.15) is 31.1 Å². The average Bonchev–Trinajstić information content (AvgIpc) is 2.74. The van der Waals surface area contributed by atoms with Crippen LogP contribution in [0.2, 0.25) is 0 Å². The Bertz CT molecular complexity index is 873. The predicted molar refractivity (Wildman–Crippen MR) is 113 cm³/mol. The highest BCUT2D eigenvalue weighted by atomic mass is 16.5. The fraction of sp³-hybridized carbons (Fsp3) is 0.417. The molecule has 6 nitrogen and oxygen atoms in total. The van der Waals surface area contributed by atoms with E-state index in [9.17, 15) is 9.59 Å². The number of ether oxygens (including phenoxy) is 3. The number of nitrogens with zero attached hydrogens (tertiary/aromatic N) is 1. The molecule has 2 atom stereocenters. The van der Waals surface area contributed by atoms with Gasteiger partial charge in [0.05, 0.1) is 13.2 Å². The van der Waals surface area contributed by atoms with Crippen molar-refractivity contribution in [1.29, 1.82) is 0 Å². The average molecular weight is 411 g/mol. The SMILES string of the molecule is CCOC(=O)C(C)N1CC(c2cc(C)c(OCc3ccccc3)c(C)c2)OCC1=O. The number of rotatable bonds is 7. The fourth-order valence-electron chi connectivity index (χ4n) is 3.68. The van der Waals surface area contributed by atoms with Crippen molar-refractivity contribution in [2.45, 2.75) is 46.4 Å². The number of hydrogen-bond acceptors (Lipinski definition) is 5. The topological polar surface area (TPSA) is 65.1 Å². The minimum Gasteiger partial charge on any atom is -0.488 e. The molecule has 6 heteroatoms. The molecule has 0 aromatic heterocycles. The highest BCUT2D eigenvalue weighted by Crippen LogP contribution is 2.31. The molecule has 160 valence electrons. The van der Waals surface area contributed by atoms with Gasteiger partial charge in [0.2, 0.25) is 5.91 Å². The third kappa shape index (κ3) is 5.00. The number of esters is 1. The van der Waals surface area contributed by atoms with Gasteiger partial charge >= 0.3 is 5.97 Å². The van der Waals surface area contributed by atoms with E-state index in [1.807, 2.05) is 56.3 Å². The van der Waals surface area contributed by atoms with Gasteiger partial charge in [-0.25, -0.2) is 4.79 Å². The van der Waals surface area contributed by atoms with Crippen LogP contribution in [0, 0.1) is 13.8 Å². The Hall–Kier alpha value is -2.86. The molecular weight excluding hydrogens is 382 g/mol. The Balaban J connectivity index is 1.73. The third-order valence-corrected chi connectivity index (χ3v) is 5.27. The van der Waals surface area contributed by atoms with E-state index in [1.165, 1.54) is 4.90 Å². The maximum atomic E-state index is 12.3. The highest BCUT2D eigenvalue weighted by molar-refractivity contribution is 5.85. The van der Waals surface area contributed by atoms with Crippen LogP contribution in [0.5, 0.6) is 5.75 Å². The zero-order valence-electron chi connectivity index (χ0n) is 18.0. The van der Waals surface area contributed by atoms with Crippen molar-refractivity contribution < 1.29 is 23.8 Å². The van der Waals surface area contributed by atoms with Gasteiger partial charge in [0.25, 0.3) is 0 Å². The third-order valence-electron chi connectivity index (χ3n) is 5.27. The minimum absolute atomic E-state index is 0.0568. The number of morpholine rings is 1. The second-order valence-corrected chi connectivity index (χ2v) is 7.53.